The molecule has 3 nitrogen and oxygen atoms in total. The van der Waals surface area contributed by atoms with E-state index in [1.807, 2.05) is 6.07 Å². The van der Waals surface area contributed by atoms with Crippen LogP contribution in [-0.4, -0.2) is 24.4 Å². The second-order valence-corrected chi connectivity index (χ2v) is 6.77. The molecular weight excluding hydrogens is 269 g/mol. The van der Waals surface area contributed by atoms with E-state index in [9.17, 15) is 4.39 Å². The van der Waals surface area contributed by atoms with Crippen LogP contribution in [0.1, 0.15) is 45.1 Å². The molecule has 1 aromatic carbocycles. The standard InChI is InChI=1S/C17H24FNO2/c1-17(2)8-7-14(21-17)11-20-16-6-3-12(9-15(16)18)10-19-13-4-5-13/h3,6,9,13-14,19H,4-5,7-8,10-11H2,1-2H3. The predicted molar refractivity (Wildman–Crippen MR) is 79.9 cm³/mol. The fraction of sp³-hybridized carbons (Fsp3) is 0.647. The van der Waals surface area contributed by atoms with E-state index in [0.717, 1.165) is 24.9 Å². The van der Waals surface area contributed by atoms with Crippen molar-refractivity contribution >= 4 is 0 Å². The summed E-state index contributed by atoms with van der Waals surface area (Å²) in [5.41, 5.74) is 0.884. The number of rotatable bonds is 6. The summed E-state index contributed by atoms with van der Waals surface area (Å²) in [4.78, 5) is 0. The van der Waals surface area contributed by atoms with Gasteiger partial charge < -0.3 is 14.8 Å². The molecule has 1 saturated heterocycles. The molecule has 0 amide bonds. The molecular formula is C17H24FNO2. The van der Waals surface area contributed by atoms with Crippen LogP contribution < -0.4 is 10.1 Å². The zero-order valence-electron chi connectivity index (χ0n) is 12.8. The summed E-state index contributed by atoms with van der Waals surface area (Å²) < 4.78 is 25.5. The molecule has 4 heteroatoms. The first-order valence-corrected chi connectivity index (χ1v) is 7.84. The number of hydrogen-bond acceptors (Lipinski definition) is 3. The van der Waals surface area contributed by atoms with Gasteiger partial charge in [0.2, 0.25) is 0 Å². The average Bonchev–Trinajstić information content (AvgIpc) is 3.19. The molecule has 1 heterocycles. The Bertz CT molecular complexity index is 500. The Kier molecular flexibility index (Phi) is 4.18. The van der Waals surface area contributed by atoms with Gasteiger partial charge in [-0.15, -0.1) is 0 Å². The van der Waals surface area contributed by atoms with Crippen molar-refractivity contribution in [3.8, 4) is 5.75 Å². The highest BCUT2D eigenvalue weighted by molar-refractivity contribution is 5.29. The first kappa shape index (κ1) is 14.8. The third-order valence-corrected chi connectivity index (χ3v) is 4.15. The maximum Gasteiger partial charge on any atom is 0.165 e. The molecule has 1 aliphatic carbocycles. The van der Waals surface area contributed by atoms with Crippen LogP contribution in [0, 0.1) is 5.82 Å². The van der Waals surface area contributed by atoms with Crippen LogP contribution in [0.5, 0.6) is 5.75 Å². The minimum absolute atomic E-state index is 0.0654. The van der Waals surface area contributed by atoms with Gasteiger partial charge in [0.05, 0.1) is 11.7 Å². The summed E-state index contributed by atoms with van der Waals surface area (Å²) in [5, 5.41) is 3.38. The lowest BCUT2D eigenvalue weighted by Gasteiger charge is -2.19. The van der Waals surface area contributed by atoms with Gasteiger partial charge in [0.25, 0.3) is 0 Å². The van der Waals surface area contributed by atoms with Crippen molar-refractivity contribution in [3.63, 3.8) is 0 Å². The van der Waals surface area contributed by atoms with Crippen LogP contribution in [0.4, 0.5) is 4.39 Å². The monoisotopic (exact) mass is 293 g/mol. The largest absolute Gasteiger partial charge is 0.488 e. The van der Waals surface area contributed by atoms with Gasteiger partial charge in [0.1, 0.15) is 6.61 Å². The van der Waals surface area contributed by atoms with Crippen molar-refractivity contribution in [3.05, 3.63) is 29.6 Å². The molecule has 2 fully saturated rings. The number of benzene rings is 1. The molecule has 2 aliphatic rings. The van der Waals surface area contributed by atoms with Gasteiger partial charge in [0, 0.05) is 12.6 Å². The lowest BCUT2D eigenvalue weighted by Crippen LogP contribution is -2.24. The number of halogens is 1. The Balaban J connectivity index is 1.50. The summed E-state index contributed by atoms with van der Waals surface area (Å²) in [6.45, 7) is 5.30. The van der Waals surface area contributed by atoms with Gasteiger partial charge >= 0.3 is 0 Å². The summed E-state index contributed by atoms with van der Waals surface area (Å²) in [7, 11) is 0. The van der Waals surface area contributed by atoms with E-state index in [1.54, 1.807) is 12.1 Å². The van der Waals surface area contributed by atoms with Crippen molar-refractivity contribution < 1.29 is 13.9 Å². The first-order valence-electron chi connectivity index (χ1n) is 7.84. The highest BCUT2D eigenvalue weighted by Gasteiger charge is 2.32. The number of hydrogen-bond donors (Lipinski definition) is 1. The zero-order chi connectivity index (χ0) is 14.9. The van der Waals surface area contributed by atoms with Gasteiger partial charge in [-0.1, -0.05) is 6.07 Å². The molecule has 1 N–H and O–H groups in total. The molecule has 1 unspecified atom stereocenters. The van der Waals surface area contributed by atoms with Crippen LogP contribution in [0.2, 0.25) is 0 Å². The van der Waals surface area contributed by atoms with Gasteiger partial charge in [-0.2, -0.15) is 0 Å². The van der Waals surface area contributed by atoms with E-state index in [0.29, 0.717) is 18.4 Å². The molecule has 0 spiro atoms. The fourth-order valence-corrected chi connectivity index (χ4v) is 2.70. The van der Waals surface area contributed by atoms with Crippen LogP contribution >= 0.6 is 0 Å². The summed E-state index contributed by atoms with van der Waals surface area (Å²) in [6.07, 6.45) is 4.53. The van der Waals surface area contributed by atoms with E-state index >= 15 is 0 Å². The Hall–Kier alpha value is -1.13. The molecule has 1 aliphatic heterocycles. The normalized spacial score (nSPS) is 24.2. The third kappa shape index (κ3) is 4.17. The van der Waals surface area contributed by atoms with Gasteiger partial charge in [-0.25, -0.2) is 4.39 Å². The van der Waals surface area contributed by atoms with E-state index in [2.05, 4.69) is 19.2 Å². The summed E-state index contributed by atoms with van der Waals surface area (Å²) in [5.74, 6) is 0.0285. The predicted octanol–water partition coefficient (Wildman–Crippen LogP) is 3.41. The van der Waals surface area contributed by atoms with Crippen molar-refractivity contribution in [1.29, 1.82) is 0 Å². The Labute approximate surface area is 125 Å². The SMILES string of the molecule is CC1(C)CCC(COc2ccc(CNC3CC3)cc2F)O1. The highest BCUT2D eigenvalue weighted by Crippen LogP contribution is 2.30. The topological polar surface area (TPSA) is 30.5 Å². The average molecular weight is 293 g/mol. The molecule has 1 aromatic rings. The van der Waals surface area contributed by atoms with Crippen LogP contribution in [-0.2, 0) is 11.3 Å². The summed E-state index contributed by atoms with van der Waals surface area (Å²) >= 11 is 0. The van der Waals surface area contributed by atoms with E-state index < -0.39 is 0 Å². The molecule has 0 radical (unpaired) electrons. The summed E-state index contributed by atoms with van der Waals surface area (Å²) in [6, 6.07) is 5.84. The molecule has 0 bridgehead atoms. The van der Waals surface area contributed by atoms with Crippen molar-refractivity contribution in [1.82, 2.24) is 5.32 Å². The molecule has 21 heavy (non-hydrogen) atoms. The fourth-order valence-electron chi connectivity index (χ4n) is 2.70. The maximum absolute atomic E-state index is 14.0. The van der Waals surface area contributed by atoms with Crippen molar-refractivity contribution in [2.45, 2.75) is 63.8 Å². The lowest BCUT2D eigenvalue weighted by atomic mass is 10.1. The van der Waals surface area contributed by atoms with Crippen molar-refractivity contribution in [2.24, 2.45) is 0 Å². The molecule has 1 atom stereocenters. The van der Waals surface area contributed by atoms with Crippen LogP contribution in [0.15, 0.2) is 18.2 Å². The molecule has 3 rings (SSSR count). The quantitative estimate of drug-likeness (QED) is 0.872. The second-order valence-electron chi connectivity index (χ2n) is 6.77. The molecule has 116 valence electrons. The number of nitrogens with one attached hydrogen (secondary N) is 1. The van der Waals surface area contributed by atoms with Gasteiger partial charge in [-0.05, 0) is 57.2 Å². The Morgan fingerprint density at radius 1 is 1.33 bits per heavy atom. The smallest absolute Gasteiger partial charge is 0.165 e. The van der Waals surface area contributed by atoms with Crippen LogP contribution in [0.25, 0.3) is 0 Å². The molecule has 0 aromatic heterocycles. The minimum Gasteiger partial charge on any atom is -0.488 e. The van der Waals surface area contributed by atoms with Crippen LogP contribution in [0.3, 0.4) is 0 Å². The Morgan fingerprint density at radius 2 is 2.14 bits per heavy atom. The lowest BCUT2D eigenvalue weighted by molar-refractivity contribution is -0.0330. The van der Waals surface area contributed by atoms with E-state index in [1.165, 1.54) is 12.8 Å². The second kappa shape index (κ2) is 5.93. The maximum atomic E-state index is 14.0. The van der Waals surface area contributed by atoms with Gasteiger partial charge in [0.15, 0.2) is 11.6 Å². The van der Waals surface area contributed by atoms with Crippen molar-refractivity contribution in [2.75, 3.05) is 6.61 Å². The first-order chi connectivity index (χ1) is 10.0. The molecule has 1 saturated carbocycles. The van der Waals surface area contributed by atoms with Gasteiger partial charge in [-0.3, -0.25) is 0 Å². The zero-order valence-corrected chi connectivity index (χ0v) is 12.8. The third-order valence-electron chi connectivity index (χ3n) is 4.15. The Morgan fingerprint density at radius 3 is 2.76 bits per heavy atom. The number of ether oxygens (including phenoxy) is 2. The van der Waals surface area contributed by atoms with E-state index in [-0.39, 0.29) is 17.5 Å². The highest BCUT2D eigenvalue weighted by atomic mass is 19.1. The van der Waals surface area contributed by atoms with E-state index in [4.69, 9.17) is 9.47 Å². The minimum atomic E-state index is -0.289.